The van der Waals surface area contributed by atoms with Crippen LogP contribution in [-0.2, 0) is 4.79 Å². The van der Waals surface area contributed by atoms with Gasteiger partial charge in [0.15, 0.2) is 0 Å². The first-order valence-electron chi connectivity index (χ1n) is 7.21. The number of nitrogens with two attached hydrogens (primary N) is 1. The minimum Gasteiger partial charge on any atom is -0.352 e. The van der Waals surface area contributed by atoms with Crippen molar-refractivity contribution in [2.75, 3.05) is 0 Å². The third kappa shape index (κ3) is 5.07. The van der Waals surface area contributed by atoms with Gasteiger partial charge in [0.1, 0.15) is 0 Å². The molecule has 1 rings (SSSR count). The molecular weight excluding hydrogens is 212 g/mol. The molecule has 1 saturated carbocycles. The minimum absolute atomic E-state index is 0.0462. The van der Waals surface area contributed by atoms with E-state index >= 15 is 0 Å². The van der Waals surface area contributed by atoms with Crippen molar-refractivity contribution in [3.8, 4) is 0 Å². The molecule has 1 aliphatic carbocycles. The lowest BCUT2D eigenvalue weighted by Gasteiger charge is -2.24. The van der Waals surface area contributed by atoms with Crippen molar-refractivity contribution in [2.45, 2.75) is 77.3 Å². The van der Waals surface area contributed by atoms with Crippen LogP contribution in [0.1, 0.15) is 65.2 Å². The van der Waals surface area contributed by atoms with Crippen molar-refractivity contribution >= 4 is 5.91 Å². The van der Waals surface area contributed by atoms with E-state index in [4.69, 9.17) is 5.73 Å². The zero-order chi connectivity index (χ0) is 12.7. The van der Waals surface area contributed by atoms with E-state index in [1.54, 1.807) is 0 Å². The first kappa shape index (κ1) is 14.5. The Labute approximate surface area is 106 Å². The van der Waals surface area contributed by atoms with Crippen LogP contribution in [0.3, 0.4) is 0 Å². The fraction of sp³-hybridized carbons (Fsp3) is 0.929. The third-order valence-corrected chi connectivity index (χ3v) is 4.01. The Morgan fingerprint density at radius 2 is 1.76 bits per heavy atom. The van der Waals surface area contributed by atoms with Gasteiger partial charge < -0.3 is 11.1 Å². The number of rotatable bonds is 4. The third-order valence-electron chi connectivity index (χ3n) is 4.01. The van der Waals surface area contributed by atoms with E-state index < -0.39 is 0 Å². The van der Waals surface area contributed by atoms with Crippen LogP contribution in [0.25, 0.3) is 0 Å². The predicted octanol–water partition coefficient (Wildman–Crippen LogP) is 2.59. The second-order valence-corrected chi connectivity index (χ2v) is 5.46. The van der Waals surface area contributed by atoms with Crippen LogP contribution in [0.5, 0.6) is 0 Å². The highest BCUT2D eigenvalue weighted by Crippen LogP contribution is 2.17. The molecule has 1 fully saturated rings. The van der Waals surface area contributed by atoms with Crippen molar-refractivity contribution in [2.24, 2.45) is 11.7 Å². The van der Waals surface area contributed by atoms with Crippen LogP contribution in [0, 0.1) is 5.92 Å². The molecule has 2 unspecified atom stereocenters. The summed E-state index contributed by atoms with van der Waals surface area (Å²) in [5, 5.41) is 3.14. The molecule has 0 spiro atoms. The molecule has 0 saturated heterocycles. The number of carbonyl (C=O) groups is 1. The highest BCUT2D eigenvalue weighted by atomic mass is 16.2. The number of amides is 1. The van der Waals surface area contributed by atoms with Crippen LogP contribution in [0.2, 0.25) is 0 Å². The second kappa shape index (κ2) is 7.70. The van der Waals surface area contributed by atoms with Gasteiger partial charge in [-0.25, -0.2) is 0 Å². The van der Waals surface area contributed by atoms with Gasteiger partial charge in [-0.15, -0.1) is 0 Å². The quantitative estimate of drug-likeness (QED) is 0.793. The van der Waals surface area contributed by atoms with Crippen molar-refractivity contribution in [3.63, 3.8) is 0 Å². The molecule has 0 aromatic carbocycles. The lowest BCUT2D eigenvalue weighted by molar-refractivity contribution is -0.124. The van der Waals surface area contributed by atoms with Gasteiger partial charge in [-0.05, 0) is 18.8 Å². The minimum atomic E-state index is -0.342. The number of hydrogen-bond acceptors (Lipinski definition) is 2. The van der Waals surface area contributed by atoms with Crippen molar-refractivity contribution in [1.82, 2.24) is 5.32 Å². The fourth-order valence-corrected chi connectivity index (χ4v) is 2.41. The standard InChI is InChI=1S/C14H28N2O/c1-3-11(2)13(15)14(17)16-12-9-7-5-4-6-8-10-12/h11-13H,3-10,15H2,1-2H3,(H,16,17). The zero-order valence-electron chi connectivity index (χ0n) is 11.4. The normalized spacial score (nSPS) is 22.3. The summed E-state index contributed by atoms with van der Waals surface area (Å²) in [6.07, 6.45) is 9.66. The lowest BCUT2D eigenvalue weighted by Crippen LogP contribution is -2.48. The highest BCUT2D eigenvalue weighted by Gasteiger charge is 2.22. The molecule has 3 N–H and O–H groups in total. The van der Waals surface area contributed by atoms with E-state index in [1.807, 2.05) is 6.92 Å². The summed E-state index contributed by atoms with van der Waals surface area (Å²) in [5.74, 6) is 0.313. The number of carbonyl (C=O) groups excluding carboxylic acids is 1. The van der Waals surface area contributed by atoms with Crippen molar-refractivity contribution < 1.29 is 4.79 Å². The topological polar surface area (TPSA) is 55.1 Å². The molecule has 1 aliphatic rings. The Hall–Kier alpha value is -0.570. The molecule has 1 amide bonds. The van der Waals surface area contributed by atoms with Gasteiger partial charge in [-0.1, -0.05) is 52.4 Å². The maximum absolute atomic E-state index is 12.0. The molecule has 0 bridgehead atoms. The van der Waals surface area contributed by atoms with E-state index in [0.717, 1.165) is 19.3 Å². The van der Waals surface area contributed by atoms with Crippen LogP contribution in [0.4, 0.5) is 0 Å². The van der Waals surface area contributed by atoms with Gasteiger partial charge in [-0.2, -0.15) is 0 Å². The first-order chi connectivity index (χ1) is 8.15. The molecular formula is C14H28N2O. The molecule has 17 heavy (non-hydrogen) atoms. The van der Waals surface area contributed by atoms with E-state index in [0.29, 0.717) is 6.04 Å². The molecule has 3 heteroatoms. The number of nitrogens with one attached hydrogen (secondary N) is 1. The summed E-state index contributed by atoms with van der Waals surface area (Å²) in [5.41, 5.74) is 5.95. The van der Waals surface area contributed by atoms with Gasteiger partial charge in [0.05, 0.1) is 6.04 Å². The summed E-state index contributed by atoms with van der Waals surface area (Å²) in [4.78, 5) is 12.0. The van der Waals surface area contributed by atoms with Crippen LogP contribution < -0.4 is 11.1 Å². The zero-order valence-corrected chi connectivity index (χ0v) is 11.4. The summed E-state index contributed by atoms with van der Waals surface area (Å²) in [6.45, 7) is 4.12. The largest absolute Gasteiger partial charge is 0.352 e. The smallest absolute Gasteiger partial charge is 0.237 e. The average molecular weight is 240 g/mol. The Morgan fingerprint density at radius 1 is 1.24 bits per heavy atom. The highest BCUT2D eigenvalue weighted by molar-refractivity contribution is 5.82. The maximum atomic E-state index is 12.0. The monoisotopic (exact) mass is 240 g/mol. The Morgan fingerprint density at radius 3 is 2.29 bits per heavy atom. The second-order valence-electron chi connectivity index (χ2n) is 5.46. The first-order valence-corrected chi connectivity index (χ1v) is 7.21. The fourth-order valence-electron chi connectivity index (χ4n) is 2.41. The SMILES string of the molecule is CCC(C)C(N)C(=O)NC1CCCCCCC1. The van der Waals surface area contributed by atoms with Crippen LogP contribution >= 0.6 is 0 Å². The van der Waals surface area contributed by atoms with Gasteiger partial charge in [0, 0.05) is 6.04 Å². The van der Waals surface area contributed by atoms with Gasteiger partial charge in [0.2, 0.25) is 5.91 Å². The van der Waals surface area contributed by atoms with E-state index in [-0.39, 0.29) is 17.9 Å². The van der Waals surface area contributed by atoms with Crippen molar-refractivity contribution in [1.29, 1.82) is 0 Å². The lowest BCUT2D eigenvalue weighted by atomic mass is 9.95. The summed E-state index contributed by atoms with van der Waals surface area (Å²) >= 11 is 0. The van der Waals surface area contributed by atoms with E-state index in [1.165, 1.54) is 32.1 Å². The average Bonchev–Trinajstić information content (AvgIpc) is 2.30. The Bertz CT molecular complexity index is 222. The van der Waals surface area contributed by atoms with Crippen LogP contribution in [-0.4, -0.2) is 18.0 Å². The summed E-state index contributed by atoms with van der Waals surface area (Å²) in [7, 11) is 0. The predicted molar refractivity (Wildman–Crippen MR) is 71.7 cm³/mol. The van der Waals surface area contributed by atoms with Crippen LogP contribution in [0.15, 0.2) is 0 Å². The van der Waals surface area contributed by atoms with Crippen molar-refractivity contribution in [3.05, 3.63) is 0 Å². The summed E-state index contributed by atoms with van der Waals surface area (Å²) in [6, 6.07) is 0.0170. The Kier molecular flexibility index (Phi) is 6.56. The Balaban J connectivity index is 2.37. The summed E-state index contributed by atoms with van der Waals surface area (Å²) < 4.78 is 0. The van der Waals surface area contributed by atoms with E-state index in [9.17, 15) is 4.79 Å². The molecule has 0 radical (unpaired) electrons. The maximum Gasteiger partial charge on any atom is 0.237 e. The molecule has 0 heterocycles. The molecule has 100 valence electrons. The number of hydrogen-bond donors (Lipinski definition) is 2. The molecule has 3 nitrogen and oxygen atoms in total. The van der Waals surface area contributed by atoms with Gasteiger partial charge in [-0.3, -0.25) is 4.79 Å². The van der Waals surface area contributed by atoms with E-state index in [2.05, 4.69) is 12.2 Å². The van der Waals surface area contributed by atoms with Gasteiger partial charge in [0.25, 0.3) is 0 Å². The molecule has 0 aromatic heterocycles. The molecule has 0 aromatic rings. The molecule has 2 atom stereocenters. The van der Waals surface area contributed by atoms with Gasteiger partial charge >= 0.3 is 0 Å². The molecule has 0 aliphatic heterocycles.